The molecule has 8 heteroatoms. The lowest BCUT2D eigenvalue weighted by molar-refractivity contribution is -0.0302. The Morgan fingerprint density at radius 1 is 1.15 bits per heavy atom. The normalized spacial score (nSPS) is 17.7. The van der Waals surface area contributed by atoms with Gasteiger partial charge in [-0.15, -0.1) is 5.10 Å². The Hall–Kier alpha value is -2.71. The van der Waals surface area contributed by atoms with Crippen LogP contribution in [0.25, 0.3) is 22.5 Å². The summed E-state index contributed by atoms with van der Waals surface area (Å²) in [5.74, 6) is 1.05. The van der Waals surface area contributed by atoms with Crippen LogP contribution in [0, 0.1) is 6.92 Å². The molecule has 0 radical (unpaired) electrons. The Balaban J connectivity index is 1.43. The van der Waals surface area contributed by atoms with Crippen molar-refractivity contribution in [2.45, 2.75) is 32.0 Å². The van der Waals surface area contributed by atoms with Crippen LogP contribution in [-0.4, -0.2) is 46.3 Å². The molecule has 1 aromatic carbocycles. The first-order valence-electron chi connectivity index (χ1n) is 9.12. The summed E-state index contributed by atoms with van der Waals surface area (Å²) in [5.41, 5.74) is 3.27. The minimum Gasteiger partial charge on any atom is -0.506 e. The van der Waals surface area contributed by atoms with Gasteiger partial charge in [0, 0.05) is 5.39 Å². The van der Waals surface area contributed by atoms with E-state index in [9.17, 15) is 5.11 Å². The number of nitrogens with zero attached hydrogens (tertiary/aromatic N) is 3. The number of nitrogens with one attached hydrogen (secondary N) is 1. The number of phenolic OH excluding ortho intramolecular Hbond substituents is 1. The van der Waals surface area contributed by atoms with Crippen molar-refractivity contribution < 1.29 is 19.0 Å². The number of phenols is 1. The highest BCUT2D eigenvalue weighted by molar-refractivity contribution is 5.89. The molecule has 0 bridgehead atoms. The summed E-state index contributed by atoms with van der Waals surface area (Å²) in [6, 6.07) is 6.12. The second-order valence-electron chi connectivity index (χ2n) is 7.00. The summed E-state index contributed by atoms with van der Waals surface area (Å²) in [5, 5.41) is 22.5. The highest BCUT2D eigenvalue weighted by Crippen LogP contribution is 2.43. The van der Waals surface area contributed by atoms with Crippen LogP contribution < -0.4 is 5.32 Å². The third-order valence-corrected chi connectivity index (χ3v) is 4.93. The van der Waals surface area contributed by atoms with Gasteiger partial charge in [0.2, 0.25) is 0 Å². The molecule has 2 N–H and O–H groups in total. The van der Waals surface area contributed by atoms with Gasteiger partial charge >= 0.3 is 6.01 Å². The molecule has 1 aliphatic carbocycles. The third-order valence-electron chi connectivity index (χ3n) is 4.93. The van der Waals surface area contributed by atoms with Crippen molar-refractivity contribution in [2.24, 2.45) is 0 Å². The summed E-state index contributed by atoms with van der Waals surface area (Å²) in [6.07, 6.45) is 2.06. The van der Waals surface area contributed by atoms with Gasteiger partial charge in [-0.2, -0.15) is 0 Å². The van der Waals surface area contributed by atoms with E-state index in [0.29, 0.717) is 42.8 Å². The molecule has 1 saturated carbocycles. The quantitative estimate of drug-likeness (QED) is 0.709. The second-order valence-corrected chi connectivity index (χ2v) is 7.00. The van der Waals surface area contributed by atoms with Crippen molar-refractivity contribution in [1.82, 2.24) is 15.2 Å². The Labute approximate surface area is 155 Å². The lowest BCUT2D eigenvalue weighted by Crippen LogP contribution is -2.20. The number of anilines is 1. The van der Waals surface area contributed by atoms with Crippen LogP contribution in [0.5, 0.6) is 5.75 Å². The number of fused-ring (bicyclic) bond motifs is 1. The lowest BCUT2D eigenvalue weighted by Gasteiger charge is -2.09. The molecule has 1 saturated heterocycles. The number of ether oxygens (including phenoxy) is 2. The molecule has 2 aromatic heterocycles. The molecular weight excluding hydrogens is 348 g/mol. The smallest absolute Gasteiger partial charge is 0.315 e. The van der Waals surface area contributed by atoms with Gasteiger partial charge in [-0.1, -0.05) is 5.10 Å². The first-order chi connectivity index (χ1) is 13.2. The Morgan fingerprint density at radius 3 is 2.74 bits per heavy atom. The molecule has 3 heterocycles. The van der Waals surface area contributed by atoms with Crippen molar-refractivity contribution in [3.8, 4) is 17.3 Å². The van der Waals surface area contributed by atoms with Gasteiger partial charge in [0.15, 0.2) is 6.29 Å². The van der Waals surface area contributed by atoms with Crippen molar-refractivity contribution in [3.05, 3.63) is 29.3 Å². The molecule has 0 atom stereocenters. The Bertz CT molecular complexity index is 993. The molecule has 2 aliphatic rings. The topological polar surface area (TPSA) is 103 Å². The number of rotatable bonds is 5. The molecule has 27 heavy (non-hydrogen) atoms. The monoisotopic (exact) mass is 368 g/mol. The maximum atomic E-state index is 10.5. The van der Waals surface area contributed by atoms with Gasteiger partial charge in [-0.3, -0.25) is 0 Å². The van der Waals surface area contributed by atoms with Gasteiger partial charge < -0.3 is 24.3 Å². The van der Waals surface area contributed by atoms with Crippen molar-refractivity contribution >= 4 is 16.9 Å². The molecule has 0 spiro atoms. The highest BCUT2D eigenvalue weighted by atomic mass is 16.7. The summed E-state index contributed by atoms with van der Waals surface area (Å²) in [7, 11) is 0. The van der Waals surface area contributed by atoms with Crippen LogP contribution in [-0.2, 0) is 9.47 Å². The minimum atomic E-state index is -0.306. The molecule has 0 amide bonds. The van der Waals surface area contributed by atoms with Crippen LogP contribution in [0.4, 0.5) is 6.01 Å². The van der Waals surface area contributed by atoms with E-state index < -0.39 is 0 Å². The van der Waals surface area contributed by atoms with Gasteiger partial charge in [0.1, 0.15) is 17.0 Å². The maximum absolute atomic E-state index is 10.5. The average molecular weight is 368 g/mol. The fraction of sp³-hybridized carbons (Fsp3) is 0.421. The lowest BCUT2D eigenvalue weighted by atomic mass is 10.0. The van der Waals surface area contributed by atoms with Gasteiger partial charge in [0.25, 0.3) is 5.89 Å². The Morgan fingerprint density at radius 2 is 1.96 bits per heavy atom. The van der Waals surface area contributed by atoms with Crippen LogP contribution in [0.15, 0.2) is 22.6 Å². The number of aryl methyl sites for hydroxylation is 1. The molecule has 1 aliphatic heterocycles. The summed E-state index contributed by atoms with van der Waals surface area (Å²) in [4.78, 5) is 4.55. The Kier molecular flexibility index (Phi) is 3.95. The van der Waals surface area contributed by atoms with Crippen molar-refractivity contribution in [1.29, 1.82) is 0 Å². The summed E-state index contributed by atoms with van der Waals surface area (Å²) < 4.78 is 16.4. The van der Waals surface area contributed by atoms with Gasteiger partial charge in [-0.05, 0) is 55.0 Å². The van der Waals surface area contributed by atoms with E-state index in [0.717, 1.165) is 10.9 Å². The van der Waals surface area contributed by atoms with E-state index in [1.54, 1.807) is 0 Å². The van der Waals surface area contributed by atoms with Crippen LogP contribution in [0.3, 0.4) is 0 Å². The number of pyridine rings is 1. The summed E-state index contributed by atoms with van der Waals surface area (Å²) >= 11 is 0. The molecule has 5 rings (SSSR count). The van der Waals surface area contributed by atoms with Gasteiger partial charge in [-0.25, -0.2) is 4.98 Å². The molecule has 140 valence electrons. The van der Waals surface area contributed by atoms with E-state index in [-0.39, 0.29) is 18.1 Å². The zero-order valence-corrected chi connectivity index (χ0v) is 14.9. The predicted octanol–water partition coefficient (Wildman–Crippen LogP) is 2.96. The molecule has 8 nitrogen and oxygen atoms in total. The van der Waals surface area contributed by atoms with Crippen LogP contribution in [0.1, 0.15) is 29.9 Å². The van der Waals surface area contributed by atoms with Crippen molar-refractivity contribution in [3.63, 3.8) is 0 Å². The van der Waals surface area contributed by atoms with Gasteiger partial charge in [0.05, 0.1) is 19.8 Å². The number of hydrogen-bond acceptors (Lipinski definition) is 8. The first kappa shape index (κ1) is 16.5. The number of benzene rings is 1. The van der Waals surface area contributed by atoms with Crippen LogP contribution in [0.2, 0.25) is 0 Å². The fourth-order valence-corrected chi connectivity index (χ4v) is 3.35. The molecule has 2 fully saturated rings. The molecule has 0 unspecified atom stereocenters. The molecule has 3 aromatic rings. The van der Waals surface area contributed by atoms with Crippen molar-refractivity contribution in [2.75, 3.05) is 25.1 Å². The van der Waals surface area contributed by atoms with E-state index in [2.05, 4.69) is 26.6 Å². The zero-order chi connectivity index (χ0) is 18.4. The van der Waals surface area contributed by atoms with E-state index in [1.165, 1.54) is 18.4 Å². The van der Waals surface area contributed by atoms with E-state index >= 15 is 0 Å². The van der Waals surface area contributed by atoms with E-state index in [4.69, 9.17) is 13.9 Å². The highest BCUT2D eigenvalue weighted by Gasteiger charge is 2.25. The fourth-order valence-electron chi connectivity index (χ4n) is 3.35. The number of aromatic nitrogens is 3. The largest absolute Gasteiger partial charge is 0.506 e. The minimum absolute atomic E-state index is 0.188. The number of hydrogen-bond donors (Lipinski definition) is 2. The predicted molar refractivity (Wildman–Crippen MR) is 97.6 cm³/mol. The van der Waals surface area contributed by atoms with E-state index in [1.807, 2.05) is 19.1 Å². The maximum Gasteiger partial charge on any atom is 0.315 e. The van der Waals surface area contributed by atoms with Crippen LogP contribution >= 0.6 is 0 Å². The third kappa shape index (κ3) is 3.22. The SMILES string of the molecule is Cc1cc(-c2nnc(NCC3OCCO3)o2)nc2c(O)cc(C3CC3)cc12. The zero-order valence-electron chi connectivity index (χ0n) is 14.9. The standard InChI is InChI=1S/C19H20N4O4/c1-10-6-14(18-22-23-19(27-18)20-9-16-25-4-5-26-16)21-17-13(10)7-12(8-15(17)24)11-2-3-11/h6-8,11,16,24H,2-5,9H2,1H3,(H,20,23). The first-order valence-corrected chi connectivity index (χ1v) is 9.12. The summed E-state index contributed by atoms with van der Waals surface area (Å²) in [6.45, 7) is 3.60. The average Bonchev–Trinajstić information content (AvgIpc) is 3.18. The molecular formula is C19H20N4O4. The second kappa shape index (κ2) is 6.47. The number of aromatic hydroxyl groups is 1.